The van der Waals surface area contributed by atoms with Crippen molar-refractivity contribution >= 4 is 5.97 Å². The quantitative estimate of drug-likeness (QED) is 0.466. The van der Waals surface area contributed by atoms with Crippen LogP contribution >= 0.6 is 0 Å². The number of hydrogen-bond donors (Lipinski definition) is 0. The van der Waals surface area contributed by atoms with E-state index < -0.39 is 0 Å². The Kier molecular flexibility index (Phi) is 13.9. The molecule has 0 rings (SSSR count). The maximum atomic E-state index is 10.2. The molecule has 0 fully saturated rings. The van der Waals surface area contributed by atoms with Crippen molar-refractivity contribution in [3.05, 3.63) is 12.7 Å². The molecule has 0 aliphatic heterocycles. The Balaban J connectivity index is 0. The summed E-state index contributed by atoms with van der Waals surface area (Å²) in [5.41, 5.74) is 0. The van der Waals surface area contributed by atoms with Crippen LogP contribution in [0.15, 0.2) is 12.7 Å². The van der Waals surface area contributed by atoms with Crippen molar-refractivity contribution in [2.45, 2.75) is 33.6 Å². The first kappa shape index (κ1) is 12.8. The summed E-state index contributed by atoms with van der Waals surface area (Å²) in [4.78, 5) is 10.2. The molecule has 0 heterocycles. The van der Waals surface area contributed by atoms with Crippen molar-refractivity contribution < 1.29 is 9.53 Å². The van der Waals surface area contributed by atoms with Gasteiger partial charge in [0.15, 0.2) is 0 Å². The highest BCUT2D eigenvalue weighted by Gasteiger charge is 1.91. The smallest absolute Gasteiger partial charge is 0.305 e. The van der Waals surface area contributed by atoms with Gasteiger partial charge in [-0.1, -0.05) is 19.9 Å². The zero-order valence-electron chi connectivity index (χ0n) is 7.72. The highest BCUT2D eigenvalue weighted by Crippen LogP contribution is 1.80. The molecular weight excluding hydrogens is 140 g/mol. The van der Waals surface area contributed by atoms with Gasteiger partial charge in [-0.05, 0) is 13.3 Å². The van der Waals surface area contributed by atoms with Crippen molar-refractivity contribution in [2.75, 3.05) is 6.61 Å². The number of carbonyl (C=O) groups is 1. The second-order valence-electron chi connectivity index (χ2n) is 1.86. The summed E-state index contributed by atoms with van der Waals surface area (Å²) in [6, 6.07) is 0. The minimum Gasteiger partial charge on any atom is -0.466 e. The zero-order valence-corrected chi connectivity index (χ0v) is 7.72. The van der Waals surface area contributed by atoms with Crippen molar-refractivity contribution in [2.24, 2.45) is 0 Å². The molecule has 0 aliphatic carbocycles. The fourth-order valence-corrected chi connectivity index (χ4v) is 0.263. The monoisotopic (exact) mass is 158 g/mol. The summed E-state index contributed by atoms with van der Waals surface area (Å²) < 4.78 is 4.55. The van der Waals surface area contributed by atoms with Gasteiger partial charge in [-0.2, -0.15) is 0 Å². The number of allylic oxidation sites excluding steroid dienone is 1. The molecule has 0 spiro atoms. The molecule has 0 saturated carbocycles. The number of esters is 1. The zero-order chi connectivity index (χ0) is 9.11. The standard InChI is InChI=1S/C5H10O2.C4H8/c1-3-5(6)7-4-2;1-3-4-2/h3-4H2,1-2H3;3H,1,4H2,2H3. The van der Waals surface area contributed by atoms with Crippen LogP contribution in [-0.2, 0) is 9.53 Å². The third-order valence-corrected chi connectivity index (χ3v) is 0.883. The van der Waals surface area contributed by atoms with Crippen LogP contribution in [0.4, 0.5) is 0 Å². The van der Waals surface area contributed by atoms with E-state index in [1.807, 2.05) is 6.08 Å². The number of carbonyl (C=O) groups excluding carboxylic acids is 1. The van der Waals surface area contributed by atoms with E-state index in [2.05, 4.69) is 18.2 Å². The van der Waals surface area contributed by atoms with Crippen LogP contribution in [0.1, 0.15) is 33.6 Å². The SMILES string of the molecule is C=CCC.CCOC(=O)CC. The summed E-state index contributed by atoms with van der Waals surface area (Å²) in [6.07, 6.45) is 3.44. The van der Waals surface area contributed by atoms with Gasteiger partial charge >= 0.3 is 5.97 Å². The van der Waals surface area contributed by atoms with Crippen LogP contribution in [0, 0.1) is 0 Å². The van der Waals surface area contributed by atoms with E-state index in [4.69, 9.17) is 0 Å². The van der Waals surface area contributed by atoms with Gasteiger partial charge in [0.2, 0.25) is 0 Å². The Hall–Kier alpha value is -0.790. The van der Waals surface area contributed by atoms with Crippen molar-refractivity contribution in [1.82, 2.24) is 0 Å². The lowest BCUT2D eigenvalue weighted by molar-refractivity contribution is -0.142. The first-order valence-corrected chi connectivity index (χ1v) is 3.99. The molecule has 0 saturated heterocycles. The van der Waals surface area contributed by atoms with E-state index in [1.165, 1.54) is 0 Å². The third-order valence-electron chi connectivity index (χ3n) is 0.883. The van der Waals surface area contributed by atoms with E-state index in [0.29, 0.717) is 13.0 Å². The summed E-state index contributed by atoms with van der Waals surface area (Å²) in [7, 11) is 0. The third kappa shape index (κ3) is 17.6. The first-order chi connectivity index (χ1) is 5.22. The van der Waals surface area contributed by atoms with Gasteiger partial charge < -0.3 is 4.74 Å². The van der Waals surface area contributed by atoms with Crippen LogP contribution in [0.3, 0.4) is 0 Å². The Labute approximate surface area is 69.3 Å². The predicted octanol–water partition coefficient (Wildman–Crippen LogP) is 2.54. The maximum Gasteiger partial charge on any atom is 0.305 e. The molecule has 11 heavy (non-hydrogen) atoms. The number of ether oxygens (including phenoxy) is 1. The van der Waals surface area contributed by atoms with E-state index in [9.17, 15) is 4.79 Å². The molecule has 66 valence electrons. The lowest BCUT2D eigenvalue weighted by Gasteiger charge is -1.93. The molecule has 0 aromatic carbocycles. The van der Waals surface area contributed by atoms with Crippen LogP contribution < -0.4 is 0 Å². The van der Waals surface area contributed by atoms with E-state index in [1.54, 1.807) is 13.8 Å². The molecule has 0 aromatic heterocycles. The summed E-state index contributed by atoms with van der Waals surface area (Å²) in [5, 5.41) is 0. The van der Waals surface area contributed by atoms with Gasteiger partial charge in [0, 0.05) is 6.42 Å². The Morgan fingerprint density at radius 2 is 1.91 bits per heavy atom. The van der Waals surface area contributed by atoms with Crippen molar-refractivity contribution in [1.29, 1.82) is 0 Å². The maximum absolute atomic E-state index is 10.2. The Morgan fingerprint density at radius 3 is 2.00 bits per heavy atom. The van der Waals surface area contributed by atoms with Crippen molar-refractivity contribution in [3.63, 3.8) is 0 Å². The van der Waals surface area contributed by atoms with Gasteiger partial charge in [-0.25, -0.2) is 0 Å². The average molecular weight is 158 g/mol. The molecule has 2 heteroatoms. The molecule has 0 bridgehead atoms. The highest BCUT2D eigenvalue weighted by atomic mass is 16.5. The van der Waals surface area contributed by atoms with Gasteiger partial charge in [0.05, 0.1) is 6.61 Å². The molecule has 0 aromatic rings. The van der Waals surface area contributed by atoms with Crippen molar-refractivity contribution in [3.8, 4) is 0 Å². The summed E-state index contributed by atoms with van der Waals surface area (Å²) in [5.74, 6) is -0.123. The van der Waals surface area contributed by atoms with E-state index >= 15 is 0 Å². The summed E-state index contributed by atoms with van der Waals surface area (Å²) in [6.45, 7) is 9.61. The molecule has 0 amide bonds. The molecule has 0 atom stereocenters. The Morgan fingerprint density at radius 1 is 1.45 bits per heavy atom. The second-order valence-corrected chi connectivity index (χ2v) is 1.86. The highest BCUT2D eigenvalue weighted by molar-refractivity contribution is 5.68. The fraction of sp³-hybridized carbons (Fsp3) is 0.667. The van der Waals surface area contributed by atoms with E-state index in [0.717, 1.165) is 6.42 Å². The second kappa shape index (κ2) is 11.9. The van der Waals surface area contributed by atoms with Gasteiger partial charge in [0.25, 0.3) is 0 Å². The molecule has 0 radical (unpaired) electrons. The van der Waals surface area contributed by atoms with E-state index in [-0.39, 0.29) is 5.97 Å². The molecule has 0 aliphatic rings. The minimum atomic E-state index is -0.123. The average Bonchev–Trinajstić information content (AvgIpc) is 2.05. The predicted molar refractivity (Wildman–Crippen MR) is 47.4 cm³/mol. The Bertz CT molecular complexity index is 97.7. The van der Waals surface area contributed by atoms with Gasteiger partial charge in [-0.3, -0.25) is 4.79 Å². The lowest BCUT2D eigenvalue weighted by Crippen LogP contribution is -2.00. The van der Waals surface area contributed by atoms with Gasteiger partial charge in [-0.15, -0.1) is 6.58 Å². The molecular formula is C9H18O2. The number of hydrogen-bond acceptors (Lipinski definition) is 2. The van der Waals surface area contributed by atoms with Crippen LogP contribution in [0.25, 0.3) is 0 Å². The normalized spacial score (nSPS) is 7.55. The largest absolute Gasteiger partial charge is 0.466 e. The topological polar surface area (TPSA) is 26.3 Å². The van der Waals surface area contributed by atoms with Crippen LogP contribution in [-0.4, -0.2) is 12.6 Å². The first-order valence-electron chi connectivity index (χ1n) is 3.99. The molecule has 0 unspecified atom stereocenters. The summed E-state index contributed by atoms with van der Waals surface area (Å²) >= 11 is 0. The lowest BCUT2D eigenvalue weighted by atomic mass is 10.5. The number of rotatable bonds is 3. The molecule has 0 N–H and O–H groups in total. The van der Waals surface area contributed by atoms with Crippen LogP contribution in [0.5, 0.6) is 0 Å². The van der Waals surface area contributed by atoms with Gasteiger partial charge in [0.1, 0.15) is 0 Å². The molecule has 2 nitrogen and oxygen atoms in total. The van der Waals surface area contributed by atoms with Crippen LogP contribution in [0.2, 0.25) is 0 Å². The minimum absolute atomic E-state index is 0.123. The fourth-order valence-electron chi connectivity index (χ4n) is 0.263.